The fourth-order valence-electron chi connectivity index (χ4n) is 1.18. The first kappa shape index (κ1) is 13.7. The second-order valence-electron chi connectivity index (χ2n) is 3.85. The van der Waals surface area contributed by atoms with Gasteiger partial charge in [0.15, 0.2) is 0 Å². The van der Waals surface area contributed by atoms with E-state index in [1.165, 1.54) is 29.2 Å². The molecule has 2 N–H and O–H groups in total. The third-order valence-electron chi connectivity index (χ3n) is 2.29. The van der Waals surface area contributed by atoms with Crippen LogP contribution in [0.2, 0.25) is 0 Å². The minimum Gasteiger partial charge on any atom is -0.478 e. The van der Waals surface area contributed by atoms with Gasteiger partial charge in [-0.15, -0.1) is 0 Å². The summed E-state index contributed by atoms with van der Waals surface area (Å²) in [6, 6.07) is 5.48. The summed E-state index contributed by atoms with van der Waals surface area (Å²) in [5.41, 5.74) is 0.419. The van der Waals surface area contributed by atoms with Crippen LogP contribution in [0.5, 0.6) is 0 Å². The van der Waals surface area contributed by atoms with Crippen molar-refractivity contribution in [1.29, 1.82) is 0 Å². The fraction of sp³-hybridized carbons (Fsp3) is 0.250. The van der Waals surface area contributed by atoms with Crippen LogP contribution < -0.4 is 5.32 Å². The Morgan fingerprint density at radius 3 is 2.06 bits per heavy atom. The Hall–Kier alpha value is -2.37. The molecule has 0 saturated heterocycles. The molecule has 1 aromatic carbocycles. The first-order chi connectivity index (χ1) is 8.41. The van der Waals surface area contributed by atoms with E-state index < -0.39 is 11.9 Å². The summed E-state index contributed by atoms with van der Waals surface area (Å²) >= 11 is 0. The molecule has 0 aromatic heterocycles. The Morgan fingerprint density at radius 1 is 1.11 bits per heavy atom. The third kappa shape index (κ3) is 3.58. The summed E-state index contributed by atoms with van der Waals surface area (Å²) in [6.45, 7) is -0.0908. The molecule has 0 bridgehead atoms. The molecule has 6 nitrogen and oxygen atoms in total. The van der Waals surface area contributed by atoms with Gasteiger partial charge in [0, 0.05) is 19.7 Å². The van der Waals surface area contributed by atoms with Crippen LogP contribution in [0.15, 0.2) is 24.3 Å². The molecule has 0 heterocycles. The first-order valence-electron chi connectivity index (χ1n) is 5.23. The van der Waals surface area contributed by atoms with Crippen LogP contribution in [0.1, 0.15) is 20.7 Å². The lowest BCUT2D eigenvalue weighted by Crippen LogP contribution is -2.36. The molecule has 0 aliphatic rings. The standard InChI is InChI=1S/C12H14N2O4/c1-14(2)10(15)7-13-11(16)8-3-5-9(6-4-8)12(17)18/h3-6H,7H2,1-2H3,(H,13,16)(H,17,18). The van der Waals surface area contributed by atoms with Crippen molar-refractivity contribution in [2.45, 2.75) is 0 Å². The zero-order chi connectivity index (χ0) is 13.7. The molecule has 1 rings (SSSR count). The number of carboxylic acid groups (broad SMARTS) is 1. The maximum absolute atomic E-state index is 11.6. The second kappa shape index (κ2) is 5.81. The number of carboxylic acids is 1. The Labute approximate surface area is 104 Å². The maximum Gasteiger partial charge on any atom is 0.335 e. The average molecular weight is 250 g/mol. The van der Waals surface area contributed by atoms with Crippen molar-refractivity contribution >= 4 is 17.8 Å². The maximum atomic E-state index is 11.6. The number of hydrogen-bond donors (Lipinski definition) is 2. The number of amides is 2. The summed E-state index contributed by atoms with van der Waals surface area (Å²) in [7, 11) is 3.19. The van der Waals surface area contributed by atoms with Crippen LogP contribution in [0.25, 0.3) is 0 Å². The first-order valence-corrected chi connectivity index (χ1v) is 5.23. The summed E-state index contributed by atoms with van der Waals surface area (Å²) < 4.78 is 0. The molecular formula is C12H14N2O4. The Morgan fingerprint density at radius 2 is 1.61 bits per heavy atom. The average Bonchev–Trinajstić information content (AvgIpc) is 2.35. The van der Waals surface area contributed by atoms with E-state index >= 15 is 0 Å². The van der Waals surface area contributed by atoms with Gasteiger partial charge in [0.05, 0.1) is 12.1 Å². The largest absolute Gasteiger partial charge is 0.478 e. The van der Waals surface area contributed by atoms with Gasteiger partial charge in [-0.3, -0.25) is 9.59 Å². The van der Waals surface area contributed by atoms with Gasteiger partial charge in [0.2, 0.25) is 5.91 Å². The highest BCUT2D eigenvalue weighted by molar-refractivity contribution is 5.97. The molecule has 0 unspecified atom stereocenters. The van der Waals surface area contributed by atoms with Crippen molar-refractivity contribution in [3.63, 3.8) is 0 Å². The zero-order valence-corrected chi connectivity index (χ0v) is 10.1. The molecular weight excluding hydrogens is 236 g/mol. The van der Waals surface area contributed by atoms with Crippen molar-refractivity contribution in [1.82, 2.24) is 10.2 Å². The van der Waals surface area contributed by atoms with Gasteiger partial charge in [-0.1, -0.05) is 0 Å². The number of nitrogens with zero attached hydrogens (tertiary/aromatic N) is 1. The van der Waals surface area contributed by atoms with E-state index in [-0.39, 0.29) is 18.0 Å². The van der Waals surface area contributed by atoms with Crippen molar-refractivity contribution in [2.24, 2.45) is 0 Å². The molecule has 0 saturated carbocycles. The Balaban J connectivity index is 2.62. The van der Waals surface area contributed by atoms with E-state index in [2.05, 4.69) is 5.32 Å². The van der Waals surface area contributed by atoms with E-state index in [0.717, 1.165) is 0 Å². The number of carbonyl (C=O) groups is 3. The molecule has 18 heavy (non-hydrogen) atoms. The summed E-state index contributed by atoms with van der Waals surface area (Å²) in [4.78, 5) is 34.9. The van der Waals surface area contributed by atoms with Crippen LogP contribution >= 0.6 is 0 Å². The topological polar surface area (TPSA) is 86.7 Å². The molecule has 0 atom stereocenters. The minimum atomic E-state index is -1.05. The van der Waals surface area contributed by atoms with E-state index in [0.29, 0.717) is 5.56 Å². The van der Waals surface area contributed by atoms with E-state index in [1.54, 1.807) is 14.1 Å². The Kier molecular flexibility index (Phi) is 4.42. The SMILES string of the molecule is CN(C)C(=O)CNC(=O)c1ccc(C(=O)O)cc1. The smallest absolute Gasteiger partial charge is 0.335 e. The molecule has 0 radical (unpaired) electrons. The third-order valence-corrected chi connectivity index (χ3v) is 2.29. The fourth-order valence-corrected chi connectivity index (χ4v) is 1.18. The van der Waals surface area contributed by atoms with Gasteiger partial charge in [-0.05, 0) is 24.3 Å². The number of nitrogens with one attached hydrogen (secondary N) is 1. The summed E-state index contributed by atoms with van der Waals surface area (Å²) in [5.74, 6) is -1.68. The molecule has 0 aliphatic carbocycles. The van der Waals surface area contributed by atoms with Gasteiger partial charge in [-0.25, -0.2) is 4.79 Å². The van der Waals surface area contributed by atoms with Gasteiger partial charge < -0.3 is 15.3 Å². The van der Waals surface area contributed by atoms with Gasteiger partial charge >= 0.3 is 5.97 Å². The summed E-state index contributed by atoms with van der Waals surface area (Å²) in [6.07, 6.45) is 0. The monoisotopic (exact) mass is 250 g/mol. The zero-order valence-electron chi connectivity index (χ0n) is 10.1. The number of benzene rings is 1. The Bertz CT molecular complexity index is 465. The van der Waals surface area contributed by atoms with E-state index in [1.807, 2.05) is 0 Å². The predicted molar refractivity (Wildman–Crippen MR) is 64.4 cm³/mol. The minimum absolute atomic E-state index is 0.0908. The number of carbonyl (C=O) groups excluding carboxylic acids is 2. The normalized spacial score (nSPS) is 9.67. The van der Waals surface area contributed by atoms with Crippen LogP contribution in [-0.2, 0) is 4.79 Å². The summed E-state index contributed by atoms with van der Waals surface area (Å²) in [5, 5.41) is 11.2. The lowest BCUT2D eigenvalue weighted by molar-refractivity contribution is -0.127. The van der Waals surface area contributed by atoms with Crippen molar-refractivity contribution in [3.05, 3.63) is 35.4 Å². The second-order valence-corrected chi connectivity index (χ2v) is 3.85. The molecule has 1 aromatic rings. The van der Waals surface area contributed by atoms with Gasteiger partial charge in [-0.2, -0.15) is 0 Å². The lowest BCUT2D eigenvalue weighted by Gasteiger charge is -2.10. The van der Waals surface area contributed by atoms with Crippen molar-refractivity contribution in [2.75, 3.05) is 20.6 Å². The van der Waals surface area contributed by atoms with Crippen molar-refractivity contribution in [3.8, 4) is 0 Å². The van der Waals surface area contributed by atoms with E-state index in [9.17, 15) is 14.4 Å². The highest BCUT2D eigenvalue weighted by Crippen LogP contribution is 2.04. The molecule has 0 aliphatic heterocycles. The molecule has 96 valence electrons. The quantitative estimate of drug-likeness (QED) is 0.799. The molecule has 0 spiro atoms. The predicted octanol–water partition coefficient (Wildman–Crippen LogP) is 0.203. The van der Waals surface area contributed by atoms with Gasteiger partial charge in [0.1, 0.15) is 0 Å². The van der Waals surface area contributed by atoms with Crippen molar-refractivity contribution < 1.29 is 19.5 Å². The number of rotatable bonds is 4. The molecule has 6 heteroatoms. The van der Waals surface area contributed by atoms with Crippen LogP contribution in [-0.4, -0.2) is 48.4 Å². The van der Waals surface area contributed by atoms with Crippen LogP contribution in [0.3, 0.4) is 0 Å². The number of aromatic carboxylic acids is 1. The molecule has 2 amide bonds. The number of likely N-dealkylation sites (N-methyl/N-ethyl adjacent to an activating group) is 1. The lowest BCUT2D eigenvalue weighted by atomic mass is 10.1. The highest BCUT2D eigenvalue weighted by atomic mass is 16.4. The van der Waals surface area contributed by atoms with Gasteiger partial charge in [0.25, 0.3) is 5.91 Å². The molecule has 0 fully saturated rings. The highest BCUT2D eigenvalue weighted by Gasteiger charge is 2.10. The van der Waals surface area contributed by atoms with Crippen LogP contribution in [0.4, 0.5) is 0 Å². The van der Waals surface area contributed by atoms with Crippen LogP contribution in [0, 0.1) is 0 Å². The number of hydrogen-bond acceptors (Lipinski definition) is 3. The van der Waals surface area contributed by atoms with E-state index in [4.69, 9.17) is 5.11 Å².